The first-order chi connectivity index (χ1) is 12.8. The van der Waals surface area contributed by atoms with E-state index in [1.807, 2.05) is 6.92 Å². The summed E-state index contributed by atoms with van der Waals surface area (Å²) < 4.78 is 0. The van der Waals surface area contributed by atoms with Crippen LogP contribution in [0.1, 0.15) is 79.6 Å². The van der Waals surface area contributed by atoms with E-state index in [1.165, 1.54) is 19.3 Å². The second-order valence-corrected chi connectivity index (χ2v) is 10.9. The van der Waals surface area contributed by atoms with Gasteiger partial charge in [-0.15, -0.1) is 5.92 Å². The number of hydrogen-bond acceptors (Lipinski definition) is 2. The van der Waals surface area contributed by atoms with Crippen molar-refractivity contribution in [2.45, 2.75) is 85.2 Å². The molecule has 0 spiro atoms. The molecule has 150 valence electrons. The minimum atomic E-state index is -0.781. The van der Waals surface area contributed by atoms with Crippen LogP contribution in [0.5, 0.6) is 0 Å². The Bertz CT molecular complexity index is 674. The van der Waals surface area contributed by atoms with Crippen LogP contribution in [0.2, 0.25) is 0 Å². The second kappa shape index (κ2) is 6.35. The fraction of sp³-hybridized carbons (Fsp3) is 0.880. The molecule has 4 fully saturated rings. The van der Waals surface area contributed by atoms with Crippen molar-refractivity contribution in [3.63, 3.8) is 0 Å². The standard InChI is InChI=1S/C25H38O2/c1-6-8-18-16(3)14-21-22-17-15-20(17)25(27,12-13-26)24(5,10-7-2)19(22)9-11-23(18,21)4/h13,16-22,27H,7,9-12,14-15H2,1-5H3. The predicted octanol–water partition coefficient (Wildman–Crippen LogP) is 5.09. The van der Waals surface area contributed by atoms with Crippen LogP contribution >= 0.6 is 0 Å². The molecule has 1 N–H and O–H groups in total. The molecule has 10 unspecified atom stereocenters. The summed E-state index contributed by atoms with van der Waals surface area (Å²) >= 11 is 0. The van der Waals surface area contributed by atoms with Gasteiger partial charge in [-0.05, 0) is 80.0 Å². The van der Waals surface area contributed by atoms with E-state index in [1.54, 1.807) is 0 Å². The van der Waals surface area contributed by atoms with Crippen molar-refractivity contribution in [2.75, 3.05) is 0 Å². The van der Waals surface area contributed by atoms with Crippen LogP contribution in [0.25, 0.3) is 0 Å². The topological polar surface area (TPSA) is 37.3 Å². The van der Waals surface area contributed by atoms with Crippen LogP contribution in [0.15, 0.2) is 0 Å². The average Bonchev–Trinajstić information content (AvgIpc) is 3.37. The maximum atomic E-state index is 11.8. The van der Waals surface area contributed by atoms with Crippen molar-refractivity contribution in [2.24, 2.45) is 52.3 Å². The molecule has 10 atom stereocenters. The van der Waals surface area contributed by atoms with Gasteiger partial charge in [0.05, 0.1) is 5.60 Å². The molecule has 2 nitrogen and oxygen atoms in total. The predicted molar refractivity (Wildman–Crippen MR) is 109 cm³/mol. The summed E-state index contributed by atoms with van der Waals surface area (Å²) in [6.07, 6.45) is 8.31. The summed E-state index contributed by atoms with van der Waals surface area (Å²) in [7, 11) is 0. The molecule has 4 saturated carbocycles. The lowest BCUT2D eigenvalue weighted by atomic mass is 9.44. The highest BCUT2D eigenvalue weighted by atomic mass is 16.3. The number of aldehydes is 1. The summed E-state index contributed by atoms with van der Waals surface area (Å²) in [5, 5.41) is 11.8. The smallest absolute Gasteiger partial charge is 0.122 e. The van der Waals surface area contributed by atoms with Crippen LogP contribution in [-0.2, 0) is 4.79 Å². The van der Waals surface area contributed by atoms with Crippen molar-refractivity contribution in [3.05, 3.63) is 0 Å². The number of hydrogen-bond donors (Lipinski definition) is 1. The number of fused-ring (bicyclic) bond motifs is 5. The lowest BCUT2D eigenvalue weighted by Gasteiger charge is -2.61. The van der Waals surface area contributed by atoms with Gasteiger partial charge in [0.25, 0.3) is 0 Å². The first kappa shape index (κ1) is 19.5. The van der Waals surface area contributed by atoms with E-state index < -0.39 is 5.60 Å². The Morgan fingerprint density at radius 3 is 2.56 bits per heavy atom. The maximum Gasteiger partial charge on any atom is 0.122 e. The molecule has 0 amide bonds. The summed E-state index contributed by atoms with van der Waals surface area (Å²) in [5.41, 5.74) is -0.564. The average molecular weight is 371 g/mol. The van der Waals surface area contributed by atoms with Crippen LogP contribution in [0.4, 0.5) is 0 Å². The van der Waals surface area contributed by atoms with Crippen molar-refractivity contribution < 1.29 is 9.90 Å². The minimum absolute atomic E-state index is 0.121. The van der Waals surface area contributed by atoms with Gasteiger partial charge in [-0.3, -0.25) is 0 Å². The minimum Gasteiger partial charge on any atom is -0.389 e. The Balaban J connectivity index is 1.75. The zero-order chi connectivity index (χ0) is 19.6. The lowest BCUT2D eigenvalue weighted by Crippen LogP contribution is -2.61. The van der Waals surface area contributed by atoms with E-state index in [4.69, 9.17) is 0 Å². The first-order valence-corrected chi connectivity index (χ1v) is 11.4. The van der Waals surface area contributed by atoms with Gasteiger partial charge in [-0.1, -0.05) is 40.0 Å². The van der Waals surface area contributed by atoms with Gasteiger partial charge in [0, 0.05) is 17.8 Å². The fourth-order valence-electron chi connectivity index (χ4n) is 8.73. The quantitative estimate of drug-likeness (QED) is 0.553. The molecular weight excluding hydrogens is 332 g/mol. The molecular formula is C25H38O2. The molecule has 0 aromatic rings. The van der Waals surface area contributed by atoms with Crippen LogP contribution < -0.4 is 0 Å². The summed E-state index contributed by atoms with van der Waals surface area (Å²) in [5.74, 6) is 11.0. The molecule has 0 bridgehead atoms. The molecule has 0 saturated heterocycles. The molecule has 4 aliphatic carbocycles. The van der Waals surface area contributed by atoms with Gasteiger partial charge < -0.3 is 9.90 Å². The third kappa shape index (κ3) is 2.40. The molecule has 0 aromatic carbocycles. The molecule has 0 aliphatic heterocycles. The largest absolute Gasteiger partial charge is 0.389 e. The Kier molecular flexibility index (Phi) is 4.59. The van der Waals surface area contributed by atoms with Gasteiger partial charge in [0.15, 0.2) is 0 Å². The molecule has 2 heteroatoms. The summed E-state index contributed by atoms with van der Waals surface area (Å²) in [6.45, 7) is 11.5. The number of carbonyl (C=O) groups excluding carboxylic acids is 1. The molecule has 27 heavy (non-hydrogen) atoms. The molecule has 0 aromatic heterocycles. The highest BCUT2D eigenvalue weighted by molar-refractivity contribution is 5.53. The third-order valence-electron chi connectivity index (χ3n) is 9.89. The molecule has 4 rings (SSSR count). The summed E-state index contributed by atoms with van der Waals surface area (Å²) in [6, 6.07) is 0. The van der Waals surface area contributed by atoms with Gasteiger partial charge in [0.1, 0.15) is 6.29 Å². The number of aliphatic hydroxyl groups is 1. The second-order valence-electron chi connectivity index (χ2n) is 10.9. The van der Waals surface area contributed by atoms with E-state index in [2.05, 4.69) is 39.5 Å². The van der Waals surface area contributed by atoms with Gasteiger partial charge in [-0.25, -0.2) is 0 Å². The van der Waals surface area contributed by atoms with Crippen molar-refractivity contribution in [1.29, 1.82) is 0 Å². The van der Waals surface area contributed by atoms with Gasteiger partial charge in [-0.2, -0.15) is 0 Å². The SMILES string of the molecule is CC#CC1C(C)CC2C3C4CC4C(O)(CC=O)C(C)(CCC)C3CCC12C. The molecule has 4 aliphatic rings. The Morgan fingerprint density at radius 2 is 1.93 bits per heavy atom. The van der Waals surface area contributed by atoms with Crippen LogP contribution in [0, 0.1) is 64.1 Å². The highest BCUT2D eigenvalue weighted by Crippen LogP contribution is 2.75. The zero-order valence-corrected chi connectivity index (χ0v) is 17.9. The van der Waals surface area contributed by atoms with Crippen molar-refractivity contribution in [1.82, 2.24) is 0 Å². The Hall–Kier alpha value is -0.810. The van der Waals surface area contributed by atoms with E-state index in [9.17, 15) is 9.90 Å². The normalized spacial score (nSPS) is 55.6. The summed E-state index contributed by atoms with van der Waals surface area (Å²) in [4.78, 5) is 11.5. The maximum absolute atomic E-state index is 11.8. The van der Waals surface area contributed by atoms with E-state index in [0.29, 0.717) is 41.4 Å². The first-order valence-electron chi connectivity index (χ1n) is 11.4. The van der Waals surface area contributed by atoms with Gasteiger partial charge in [0.2, 0.25) is 0 Å². The van der Waals surface area contributed by atoms with Crippen LogP contribution in [-0.4, -0.2) is 17.0 Å². The van der Waals surface area contributed by atoms with E-state index in [-0.39, 0.29) is 5.41 Å². The zero-order valence-electron chi connectivity index (χ0n) is 17.9. The number of carbonyl (C=O) groups is 1. The van der Waals surface area contributed by atoms with E-state index >= 15 is 0 Å². The monoisotopic (exact) mass is 370 g/mol. The number of rotatable bonds is 4. The third-order valence-corrected chi connectivity index (χ3v) is 9.89. The molecule has 0 radical (unpaired) electrons. The lowest BCUT2D eigenvalue weighted by molar-refractivity contribution is -0.197. The fourth-order valence-corrected chi connectivity index (χ4v) is 8.73. The van der Waals surface area contributed by atoms with Crippen LogP contribution in [0.3, 0.4) is 0 Å². The Labute approximate surface area is 165 Å². The molecule has 0 heterocycles. The van der Waals surface area contributed by atoms with Crippen molar-refractivity contribution >= 4 is 6.29 Å². The van der Waals surface area contributed by atoms with Gasteiger partial charge >= 0.3 is 0 Å². The van der Waals surface area contributed by atoms with Crippen molar-refractivity contribution in [3.8, 4) is 11.8 Å². The highest BCUT2D eigenvalue weighted by Gasteiger charge is 2.73. The Morgan fingerprint density at radius 1 is 1.19 bits per heavy atom. The van der Waals surface area contributed by atoms with E-state index in [0.717, 1.165) is 37.4 Å².